The molecule has 0 aromatic carbocycles. The van der Waals surface area contributed by atoms with Crippen LogP contribution in [-0.4, -0.2) is 16.0 Å². The van der Waals surface area contributed by atoms with Crippen molar-refractivity contribution in [1.82, 2.24) is 4.98 Å². The van der Waals surface area contributed by atoms with E-state index in [4.69, 9.17) is 18.0 Å². The van der Waals surface area contributed by atoms with E-state index < -0.39 is 0 Å². The minimum absolute atomic E-state index is 0.365. The first-order chi connectivity index (χ1) is 7.82. The van der Waals surface area contributed by atoms with Gasteiger partial charge in [-0.1, -0.05) is 26.1 Å². The number of hydrogen-bond donors (Lipinski definition) is 2. The van der Waals surface area contributed by atoms with Gasteiger partial charge in [0, 0.05) is 23.1 Å². The fourth-order valence-corrected chi connectivity index (χ4v) is 1.92. The van der Waals surface area contributed by atoms with Crippen LogP contribution in [0.25, 0.3) is 0 Å². The fourth-order valence-electron chi connectivity index (χ4n) is 1.67. The Bertz CT molecular complexity index is 427. The molecule has 0 saturated carbocycles. The second kappa shape index (κ2) is 5.45. The lowest BCUT2D eigenvalue weighted by Crippen LogP contribution is -2.25. The van der Waals surface area contributed by atoms with Crippen LogP contribution in [0, 0.1) is 19.8 Å². The molecule has 94 valence electrons. The van der Waals surface area contributed by atoms with Gasteiger partial charge >= 0.3 is 0 Å². The zero-order chi connectivity index (χ0) is 13.2. The normalized spacial score (nSPS) is 12.6. The van der Waals surface area contributed by atoms with Crippen molar-refractivity contribution in [3.05, 3.63) is 23.0 Å². The van der Waals surface area contributed by atoms with E-state index in [1.165, 1.54) is 0 Å². The molecule has 3 N–H and O–H groups in total. The summed E-state index contributed by atoms with van der Waals surface area (Å²) in [7, 11) is 0. The smallest absolute Gasteiger partial charge is 0.107 e. The Balaban J connectivity index is 3.17. The molecule has 4 heteroatoms. The van der Waals surface area contributed by atoms with Gasteiger partial charge in [-0.15, -0.1) is 0 Å². The first-order valence-electron chi connectivity index (χ1n) is 5.87. The molecule has 1 atom stereocenters. The zero-order valence-electron chi connectivity index (χ0n) is 11.2. The molecule has 0 bridgehead atoms. The molecule has 17 heavy (non-hydrogen) atoms. The first kappa shape index (κ1) is 13.9. The number of thiocarbonyl (C=S) groups is 1. The highest BCUT2D eigenvalue weighted by Crippen LogP contribution is 2.21. The van der Waals surface area contributed by atoms with Crippen LogP contribution in [0.4, 0.5) is 5.69 Å². The van der Waals surface area contributed by atoms with Crippen LogP contribution >= 0.6 is 12.2 Å². The molecule has 0 saturated heterocycles. The van der Waals surface area contributed by atoms with Crippen LogP contribution in [0.5, 0.6) is 0 Å². The Morgan fingerprint density at radius 3 is 2.41 bits per heavy atom. The summed E-state index contributed by atoms with van der Waals surface area (Å²) in [4.78, 5) is 4.80. The molecule has 3 nitrogen and oxygen atoms in total. The lowest BCUT2D eigenvalue weighted by Gasteiger charge is -2.22. The standard InChI is InChI=1S/C13H21N3S/c1-7(2)9(4)16-11-6-8(3)15-10(5)12(11)13(14)17/h6-7,9H,1-5H3,(H2,14,17)(H,15,16). The molecular weight excluding hydrogens is 230 g/mol. The third-order valence-corrected chi connectivity index (χ3v) is 3.16. The van der Waals surface area contributed by atoms with Crippen LogP contribution < -0.4 is 11.1 Å². The SMILES string of the molecule is Cc1cc(NC(C)C(C)C)c(C(N)=S)c(C)n1. The topological polar surface area (TPSA) is 50.9 Å². The Kier molecular flexibility index (Phi) is 4.46. The molecule has 0 aliphatic carbocycles. The maximum absolute atomic E-state index is 5.77. The summed E-state index contributed by atoms with van der Waals surface area (Å²) in [5, 5.41) is 3.47. The molecule has 0 fully saturated rings. The average molecular weight is 251 g/mol. The summed E-state index contributed by atoms with van der Waals surface area (Å²) in [6.45, 7) is 10.4. The molecular formula is C13H21N3S. The second-order valence-corrected chi connectivity index (χ2v) is 5.25. The van der Waals surface area contributed by atoms with E-state index in [9.17, 15) is 0 Å². The molecule has 0 aliphatic heterocycles. The van der Waals surface area contributed by atoms with Gasteiger partial charge in [0.05, 0.1) is 5.56 Å². The van der Waals surface area contributed by atoms with E-state index in [1.807, 2.05) is 19.9 Å². The van der Waals surface area contributed by atoms with Gasteiger partial charge < -0.3 is 11.1 Å². The fraction of sp³-hybridized carbons (Fsp3) is 0.538. The van der Waals surface area contributed by atoms with E-state index in [-0.39, 0.29) is 0 Å². The molecule has 1 aromatic rings. The lowest BCUT2D eigenvalue weighted by atomic mass is 10.0. The predicted molar refractivity (Wildman–Crippen MR) is 77.5 cm³/mol. The lowest BCUT2D eigenvalue weighted by molar-refractivity contribution is 0.560. The third-order valence-electron chi connectivity index (χ3n) is 2.96. The highest BCUT2D eigenvalue weighted by molar-refractivity contribution is 7.80. The van der Waals surface area contributed by atoms with Crippen molar-refractivity contribution in [3.63, 3.8) is 0 Å². The summed E-state index contributed by atoms with van der Waals surface area (Å²) in [6, 6.07) is 2.37. The van der Waals surface area contributed by atoms with Crippen LogP contribution in [0.15, 0.2) is 6.07 Å². The van der Waals surface area contributed by atoms with Gasteiger partial charge in [-0.2, -0.15) is 0 Å². The molecule has 0 spiro atoms. The van der Waals surface area contributed by atoms with Crippen LogP contribution in [0.2, 0.25) is 0 Å². The van der Waals surface area contributed by atoms with Gasteiger partial charge in [0.25, 0.3) is 0 Å². The van der Waals surface area contributed by atoms with Gasteiger partial charge in [0.1, 0.15) is 4.99 Å². The number of nitrogens with one attached hydrogen (secondary N) is 1. The number of aryl methyl sites for hydroxylation is 2. The molecule has 1 unspecified atom stereocenters. The van der Waals surface area contributed by atoms with Gasteiger partial charge in [-0.05, 0) is 32.8 Å². The van der Waals surface area contributed by atoms with Crippen LogP contribution in [0.3, 0.4) is 0 Å². The predicted octanol–water partition coefficient (Wildman–Crippen LogP) is 2.79. The summed E-state index contributed by atoms with van der Waals surface area (Å²) >= 11 is 5.10. The average Bonchev–Trinajstić information content (AvgIpc) is 2.14. The number of aromatic nitrogens is 1. The number of nitrogens with zero attached hydrogens (tertiary/aromatic N) is 1. The second-order valence-electron chi connectivity index (χ2n) is 4.81. The van der Waals surface area contributed by atoms with Crippen molar-refractivity contribution < 1.29 is 0 Å². The van der Waals surface area contributed by atoms with Gasteiger partial charge in [0.15, 0.2) is 0 Å². The maximum Gasteiger partial charge on any atom is 0.107 e. The third kappa shape index (κ3) is 3.40. The van der Waals surface area contributed by atoms with E-state index in [2.05, 4.69) is 31.1 Å². The summed E-state index contributed by atoms with van der Waals surface area (Å²) in [5.74, 6) is 0.544. The summed E-state index contributed by atoms with van der Waals surface area (Å²) in [6.07, 6.45) is 0. The highest BCUT2D eigenvalue weighted by Gasteiger charge is 2.14. The molecule has 1 rings (SSSR count). The summed E-state index contributed by atoms with van der Waals surface area (Å²) < 4.78 is 0. The minimum Gasteiger partial charge on any atom is -0.389 e. The molecule has 0 amide bonds. The number of nitrogens with two attached hydrogens (primary N) is 1. The van der Waals surface area contributed by atoms with Gasteiger partial charge in [0.2, 0.25) is 0 Å². The van der Waals surface area contributed by atoms with Crippen molar-refractivity contribution in [2.75, 3.05) is 5.32 Å². The van der Waals surface area contributed by atoms with Gasteiger partial charge in [-0.25, -0.2) is 0 Å². The summed E-state index contributed by atoms with van der Waals surface area (Å²) in [5.41, 5.74) is 9.48. The van der Waals surface area contributed by atoms with Gasteiger partial charge in [-0.3, -0.25) is 4.98 Å². The van der Waals surface area contributed by atoms with Crippen molar-refractivity contribution in [1.29, 1.82) is 0 Å². The molecule has 1 aromatic heterocycles. The van der Waals surface area contributed by atoms with Crippen LogP contribution in [-0.2, 0) is 0 Å². The van der Waals surface area contributed by atoms with Crippen molar-refractivity contribution >= 4 is 22.9 Å². The largest absolute Gasteiger partial charge is 0.389 e. The van der Waals surface area contributed by atoms with Crippen molar-refractivity contribution in [2.45, 2.75) is 40.7 Å². The van der Waals surface area contributed by atoms with E-state index in [1.54, 1.807) is 0 Å². The Morgan fingerprint density at radius 1 is 1.35 bits per heavy atom. The van der Waals surface area contributed by atoms with E-state index >= 15 is 0 Å². The maximum atomic E-state index is 5.77. The molecule has 1 heterocycles. The van der Waals surface area contributed by atoms with Crippen LogP contribution in [0.1, 0.15) is 37.7 Å². The minimum atomic E-state index is 0.365. The first-order valence-corrected chi connectivity index (χ1v) is 6.28. The van der Waals surface area contributed by atoms with Crippen molar-refractivity contribution in [2.24, 2.45) is 11.7 Å². The van der Waals surface area contributed by atoms with Crippen molar-refractivity contribution in [3.8, 4) is 0 Å². The molecule has 0 aliphatic rings. The number of anilines is 1. The highest BCUT2D eigenvalue weighted by atomic mass is 32.1. The quantitative estimate of drug-likeness (QED) is 0.808. The molecule has 0 radical (unpaired) electrons. The number of hydrogen-bond acceptors (Lipinski definition) is 3. The number of rotatable bonds is 4. The Hall–Kier alpha value is -1.16. The monoisotopic (exact) mass is 251 g/mol. The zero-order valence-corrected chi connectivity index (χ0v) is 12.0. The Morgan fingerprint density at radius 2 is 1.94 bits per heavy atom. The Labute approximate surface area is 109 Å². The number of pyridine rings is 1. The van der Waals surface area contributed by atoms with E-state index in [0.29, 0.717) is 16.9 Å². The van der Waals surface area contributed by atoms with E-state index in [0.717, 1.165) is 22.6 Å².